The number of anilines is 2. The summed E-state index contributed by atoms with van der Waals surface area (Å²) >= 11 is 0. The highest BCUT2D eigenvalue weighted by Crippen LogP contribution is 2.24. The van der Waals surface area contributed by atoms with Gasteiger partial charge in [-0.15, -0.1) is 13.2 Å². The van der Waals surface area contributed by atoms with E-state index in [-0.39, 0.29) is 16.7 Å². The molecule has 0 aromatic heterocycles. The standard InChI is InChI=1S/C19H22F3N3O4S/c1-12(2)25-30(27,28)17-10-6-15(7-11-17)24-18(26)13(3)23-14-4-8-16(9-5-14)29-19(20,21)22/h4-13,23,25H,1-3H3,(H,24,26). The normalized spacial score (nSPS) is 13.0. The largest absolute Gasteiger partial charge is 0.573 e. The van der Waals surface area contributed by atoms with Crippen LogP contribution in [0.25, 0.3) is 0 Å². The average molecular weight is 445 g/mol. The number of sulfonamides is 1. The number of ether oxygens (including phenoxy) is 1. The summed E-state index contributed by atoms with van der Waals surface area (Å²) in [5.74, 6) is -0.784. The molecule has 0 aliphatic rings. The van der Waals surface area contributed by atoms with Gasteiger partial charge in [-0.1, -0.05) is 0 Å². The van der Waals surface area contributed by atoms with Gasteiger partial charge in [-0.25, -0.2) is 13.1 Å². The fourth-order valence-electron chi connectivity index (χ4n) is 2.41. The minimum Gasteiger partial charge on any atom is -0.406 e. The number of carbonyl (C=O) groups is 1. The number of hydrogen-bond donors (Lipinski definition) is 3. The number of nitrogens with one attached hydrogen (secondary N) is 3. The molecule has 0 saturated heterocycles. The van der Waals surface area contributed by atoms with Crippen LogP contribution in [0.2, 0.25) is 0 Å². The topological polar surface area (TPSA) is 96.5 Å². The Balaban J connectivity index is 1.96. The van der Waals surface area contributed by atoms with E-state index in [1.165, 1.54) is 36.4 Å². The third-order valence-corrected chi connectivity index (χ3v) is 5.36. The highest BCUT2D eigenvalue weighted by molar-refractivity contribution is 7.89. The average Bonchev–Trinajstić information content (AvgIpc) is 2.61. The molecule has 2 rings (SSSR count). The summed E-state index contributed by atoms with van der Waals surface area (Å²) < 4.78 is 67.0. The summed E-state index contributed by atoms with van der Waals surface area (Å²) in [6.45, 7) is 4.98. The number of benzene rings is 2. The third kappa shape index (κ3) is 7.23. The van der Waals surface area contributed by atoms with E-state index < -0.39 is 28.3 Å². The van der Waals surface area contributed by atoms with Crippen LogP contribution in [0.15, 0.2) is 53.4 Å². The van der Waals surface area contributed by atoms with Crippen molar-refractivity contribution in [3.63, 3.8) is 0 Å². The van der Waals surface area contributed by atoms with Gasteiger partial charge in [0, 0.05) is 17.4 Å². The number of alkyl halides is 3. The Morgan fingerprint density at radius 1 is 0.933 bits per heavy atom. The number of amides is 1. The van der Waals surface area contributed by atoms with Gasteiger partial charge in [0.15, 0.2) is 0 Å². The van der Waals surface area contributed by atoms with E-state index in [9.17, 15) is 26.4 Å². The van der Waals surface area contributed by atoms with Gasteiger partial charge in [0.05, 0.1) is 4.90 Å². The Kier molecular flexibility index (Phi) is 7.32. The monoisotopic (exact) mass is 445 g/mol. The minimum atomic E-state index is -4.78. The van der Waals surface area contributed by atoms with Crippen molar-refractivity contribution in [3.05, 3.63) is 48.5 Å². The first-order chi connectivity index (χ1) is 13.9. The smallest absolute Gasteiger partial charge is 0.406 e. The van der Waals surface area contributed by atoms with E-state index in [2.05, 4.69) is 20.1 Å². The summed E-state index contributed by atoms with van der Waals surface area (Å²) in [6.07, 6.45) is -4.78. The molecule has 30 heavy (non-hydrogen) atoms. The Hall–Kier alpha value is -2.79. The van der Waals surface area contributed by atoms with Crippen LogP contribution in [0.1, 0.15) is 20.8 Å². The van der Waals surface area contributed by atoms with Gasteiger partial charge in [0.25, 0.3) is 0 Å². The summed E-state index contributed by atoms with van der Waals surface area (Å²) in [6, 6.07) is 9.66. The Morgan fingerprint density at radius 2 is 1.47 bits per heavy atom. The molecule has 0 fully saturated rings. The van der Waals surface area contributed by atoms with Crippen LogP contribution >= 0.6 is 0 Å². The lowest BCUT2D eigenvalue weighted by atomic mass is 10.2. The molecule has 1 unspecified atom stereocenters. The molecule has 1 atom stereocenters. The molecule has 164 valence electrons. The van der Waals surface area contributed by atoms with Crippen molar-refractivity contribution in [2.75, 3.05) is 10.6 Å². The van der Waals surface area contributed by atoms with Crippen LogP contribution < -0.4 is 20.1 Å². The van der Waals surface area contributed by atoms with Crippen LogP contribution in [0.3, 0.4) is 0 Å². The van der Waals surface area contributed by atoms with Crippen molar-refractivity contribution < 1.29 is 31.1 Å². The third-order valence-electron chi connectivity index (χ3n) is 3.69. The van der Waals surface area contributed by atoms with Crippen LogP contribution in [0.5, 0.6) is 5.75 Å². The van der Waals surface area contributed by atoms with Gasteiger partial charge in [-0.3, -0.25) is 4.79 Å². The molecule has 0 spiro atoms. The molecule has 11 heteroatoms. The number of carbonyl (C=O) groups excluding carboxylic acids is 1. The van der Waals surface area contributed by atoms with Crippen molar-refractivity contribution in [2.45, 2.75) is 44.1 Å². The number of rotatable bonds is 8. The SMILES string of the molecule is CC(C)NS(=O)(=O)c1ccc(NC(=O)C(C)Nc2ccc(OC(F)(F)F)cc2)cc1. The number of hydrogen-bond acceptors (Lipinski definition) is 5. The lowest BCUT2D eigenvalue weighted by Crippen LogP contribution is -2.32. The Morgan fingerprint density at radius 3 is 1.97 bits per heavy atom. The lowest BCUT2D eigenvalue weighted by Gasteiger charge is -2.16. The Bertz CT molecular complexity index is 960. The van der Waals surface area contributed by atoms with Crippen LogP contribution in [0.4, 0.5) is 24.5 Å². The quantitative estimate of drug-likeness (QED) is 0.576. The molecule has 1 amide bonds. The molecular formula is C19H22F3N3O4S. The highest BCUT2D eigenvalue weighted by Gasteiger charge is 2.31. The summed E-state index contributed by atoms with van der Waals surface area (Å²) in [5, 5.41) is 5.49. The molecule has 0 heterocycles. The molecule has 0 saturated carbocycles. The number of halogens is 3. The van der Waals surface area contributed by atoms with E-state index in [1.54, 1.807) is 20.8 Å². The predicted octanol–water partition coefficient (Wildman–Crippen LogP) is 3.71. The maximum atomic E-state index is 12.3. The summed E-state index contributed by atoms with van der Waals surface area (Å²) in [7, 11) is -3.63. The second-order valence-electron chi connectivity index (χ2n) is 6.73. The fourth-order valence-corrected chi connectivity index (χ4v) is 3.67. The van der Waals surface area contributed by atoms with E-state index in [0.717, 1.165) is 12.1 Å². The zero-order valence-electron chi connectivity index (χ0n) is 16.4. The highest BCUT2D eigenvalue weighted by atomic mass is 32.2. The zero-order valence-corrected chi connectivity index (χ0v) is 17.3. The van der Waals surface area contributed by atoms with Crippen molar-refractivity contribution >= 4 is 27.3 Å². The first-order valence-corrected chi connectivity index (χ1v) is 10.4. The second-order valence-corrected chi connectivity index (χ2v) is 8.44. The first kappa shape index (κ1) is 23.5. The van der Waals surface area contributed by atoms with E-state index in [4.69, 9.17) is 0 Å². The lowest BCUT2D eigenvalue weighted by molar-refractivity contribution is -0.274. The van der Waals surface area contributed by atoms with Gasteiger partial charge >= 0.3 is 6.36 Å². The van der Waals surface area contributed by atoms with Crippen molar-refractivity contribution in [1.29, 1.82) is 0 Å². The van der Waals surface area contributed by atoms with E-state index in [0.29, 0.717) is 11.4 Å². The van der Waals surface area contributed by atoms with Gasteiger partial charge in [0.2, 0.25) is 15.9 Å². The van der Waals surface area contributed by atoms with Crippen LogP contribution in [-0.2, 0) is 14.8 Å². The molecule has 7 nitrogen and oxygen atoms in total. The zero-order chi connectivity index (χ0) is 22.5. The predicted molar refractivity (Wildman–Crippen MR) is 107 cm³/mol. The molecule has 0 bridgehead atoms. The molecule has 0 radical (unpaired) electrons. The van der Waals surface area contributed by atoms with Crippen LogP contribution in [-0.4, -0.2) is 32.8 Å². The van der Waals surface area contributed by atoms with Crippen molar-refractivity contribution in [1.82, 2.24) is 4.72 Å². The molecule has 0 aliphatic carbocycles. The van der Waals surface area contributed by atoms with Crippen molar-refractivity contribution in [2.24, 2.45) is 0 Å². The minimum absolute atomic E-state index is 0.0709. The fraction of sp³-hybridized carbons (Fsp3) is 0.316. The first-order valence-electron chi connectivity index (χ1n) is 8.91. The molecule has 2 aromatic rings. The summed E-state index contributed by atoms with van der Waals surface area (Å²) in [4.78, 5) is 12.4. The van der Waals surface area contributed by atoms with Crippen LogP contribution in [0, 0.1) is 0 Å². The van der Waals surface area contributed by atoms with Crippen molar-refractivity contribution in [3.8, 4) is 5.75 Å². The molecule has 0 aliphatic heterocycles. The van der Waals surface area contributed by atoms with E-state index >= 15 is 0 Å². The Labute approximate surface area is 172 Å². The molecular weight excluding hydrogens is 423 g/mol. The maximum absolute atomic E-state index is 12.3. The summed E-state index contributed by atoms with van der Waals surface area (Å²) in [5.41, 5.74) is 0.819. The maximum Gasteiger partial charge on any atom is 0.573 e. The molecule has 2 aromatic carbocycles. The van der Waals surface area contributed by atoms with Gasteiger partial charge in [-0.05, 0) is 69.3 Å². The van der Waals surface area contributed by atoms with Gasteiger partial charge in [-0.2, -0.15) is 0 Å². The van der Waals surface area contributed by atoms with E-state index in [1.807, 2.05) is 0 Å². The second kappa shape index (κ2) is 9.35. The van der Waals surface area contributed by atoms with Gasteiger partial charge < -0.3 is 15.4 Å². The van der Waals surface area contributed by atoms with Gasteiger partial charge in [0.1, 0.15) is 11.8 Å². The molecule has 3 N–H and O–H groups in total.